The van der Waals surface area contributed by atoms with Crippen molar-refractivity contribution in [3.05, 3.63) is 0 Å². The molecule has 23 heavy (non-hydrogen) atoms. The van der Waals surface area contributed by atoms with E-state index in [2.05, 4.69) is 10.6 Å². The maximum Gasteiger partial charge on any atom is 0.318 e. The Bertz CT molecular complexity index is 732. The van der Waals surface area contributed by atoms with E-state index in [9.17, 15) is 26.4 Å². The lowest BCUT2D eigenvalue weighted by Crippen LogP contribution is -2.41. The fourth-order valence-corrected chi connectivity index (χ4v) is 6.96. The second kappa shape index (κ2) is 5.62. The van der Waals surface area contributed by atoms with Crippen LogP contribution in [0.2, 0.25) is 0 Å². The van der Waals surface area contributed by atoms with Gasteiger partial charge in [-0.25, -0.2) is 21.6 Å². The molecule has 0 bridgehead atoms. The lowest BCUT2D eigenvalue weighted by molar-refractivity contribution is -0.121. The standard InChI is InChI=1S/C12H19N3O6S2/c16-11(13-8-2-4-22(18,19)5-8)1-3-15-10-7-23(20,21)6-9(10)14-12(15)17/h8-10H,1-7H2,(H,13,16)(H,14,17). The van der Waals surface area contributed by atoms with Crippen molar-refractivity contribution in [3.8, 4) is 0 Å². The number of nitrogens with zero attached hydrogens (tertiary/aromatic N) is 1. The molecule has 3 amide bonds. The first kappa shape index (κ1) is 16.5. The predicted octanol–water partition coefficient (Wildman–Crippen LogP) is -2.13. The predicted molar refractivity (Wildman–Crippen MR) is 81.3 cm³/mol. The highest BCUT2D eigenvalue weighted by atomic mass is 32.2. The van der Waals surface area contributed by atoms with Gasteiger partial charge in [0, 0.05) is 19.0 Å². The molecular weight excluding hydrogens is 346 g/mol. The van der Waals surface area contributed by atoms with Crippen molar-refractivity contribution >= 4 is 31.6 Å². The van der Waals surface area contributed by atoms with Crippen molar-refractivity contribution in [1.82, 2.24) is 15.5 Å². The van der Waals surface area contributed by atoms with E-state index in [1.807, 2.05) is 0 Å². The van der Waals surface area contributed by atoms with Crippen molar-refractivity contribution in [2.45, 2.75) is 31.0 Å². The molecule has 3 fully saturated rings. The lowest BCUT2D eigenvalue weighted by Gasteiger charge is -2.21. The van der Waals surface area contributed by atoms with E-state index in [0.29, 0.717) is 6.42 Å². The van der Waals surface area contributed by atoms with Gasteiger partial charge in [-0.05, 0) is 6.42 Å². The van der Waals surface area contributed by atoms with Crippen molar-refractivity contribution < 1.29 is 26.4 Å². The first-order valence-corrected chi connectivity index (χ1v) is 11.1. The summed E-state index contributed by atoms with van der Waals surface area (Å²) >= 11 is 0. The highest BCUT2D eigenvalue weighted by Gasteiger charge is 2.48. The summed E-state index contributed by atoms with van der Waals surface area (Å²) in [5.74, 6) is -0.450. The van der Waals surface area contributed by atoms with Gasteiger partial charge in [-0.2, -0.15) is 0 Å². The number of amides is 3. The summed E-state index contributed by atoms with van der Waals surface area (Å²) in [6.07, 6.45) is 0.425. The Labute approximate surface area is 134 Å². The van der Waals surface area contributed by atoms with E-state index >= 15 is 0 Å². The molecule has 0 aromatic heterocycles. The number of hydrogen-bond acceptors (Lipinski definition) is 6. The molecular formula is C12H19N3O6S2. The van der Waals surface area contributed by atoms with E-state index in [0.717, 1.165) is 0 Å². The Hall–Kier alpha value is -1.36. The Kier molecular flexibility index (Phi) is 4.03. The van der Waals surface area contributed by atoms with Crippen LogP contribution in [-0.2, 0) is 24.5 Å². The summed E-state index contributed by atoms with van der Waals surface area (Å²) in [5, 5.41) is 5.28. The average Bonchev–Trinajstić information content (AvgIpc) is 2.97. The lowest BCUT2D eigenvalue weighted by atomic mass is 10.2. The van der Waals surface area contributed by atoms with Crippen molar-refractivity contribution in [2.24, 2.45) is 0 Å². The molecule has 0 spiro atoms. The number of hydrogen-bond donors (Lipinski definition) is 2. The van der Waals surface area contributed by atoms with Crippen LogP contribution >= 0.6 is 0 Å². The van der Waals surface area contributed by atoms with E-state index in [1.165, 1.54) is 4.90 Å². The van der Waals surface area contributed by atoms with Crippen molar-refractivity contribution in [3.63, 3.8) is 0 Å². The van der Waals surface area contributed by atoms with Gasteiger partial charge in [0.05, 0.1) is 35.1 Å². The minimum atomic E-state index is -3.16. The number of carbonyl (C=O) groups excluding carboxylic acids is 2. The molecule has 0 aliphatic carbocycles. The molecule has 11 heteroatoms. The van der Waals surface area contributed by atoms with E-state index < -0.39 is 31.8 Å². The fraction of sp³-hybridized carbons (Fsp3) is 0.833. The first-order chi connectivity index (χ1) is 10.7. The number of urea groups is 1. The molecule has 3 aliphatic heterocycles. The molecule has 3 saturated heterocycles. The van der Waals surface area contributed by atoms with Gasteiger partial charge in [-0.1, -0.05) is 0 Å². The van der Waals surface area contributed by atoms with Crippen LogP contribution in [0.1, 0.15) is 12.8 Å². The van der Waals surface area contributed by atoms with Gasteiger partial charge in [-0.15, -0.1) is 0 Å². The third-order valence-corrected chi connectivity index (χ3v) is 7.95. The molecule has 3 atom stereocenters. The maximum atomic E-state index is 11.9. The molecule has 3 unspecified atom stereocenters. The highest BCUT2D eigenvalue weighted by molar-refractivity contribution is 7.92. The average molecular weight is 365 g/mol. The van der Waals surface area contributed by atoms with Crippen LogP contribution in [-0.4, -0.2) is 81.4 Å². The second-order valence-electron chi connectivity index (χ2n) is 6.31. The Morgan fingerprint density at radius 1 is 1.17 bits per heavy atom. The molecule has 9 nitrogen and oxygen atoms in total. The zero-order valence-corrected chi connectivity index (χ0v) is 14.0. The van der Waals surface area contributed by atoms with Crippen molar-refractivity contribution in [1.29, 1.82) is 0 Å². The fourth-order valence-electron chi connectivity index (χ4n) is 3.36. The van der Waals surface area contributed by atoms with Crippen LogP contribution in [0.5, 0.6) is 0 Å². The summed E-state index contributed by atoms with van der Waals surface area (Å²) in [6, 6.07) is -1.56. The number of carbonyl (C=O) groups is 2. The summed E-state index contributed by atoms with van der Waals surface area (Å²) in [6.45, 7) is 0.119. The van der Waals surface area contributed by atoms with Crippen LogP contribution in [0.15, 0.2) is 0 Å². The van der Waals surface area contributed by atoms with E-state index in [1.54, 1.807) is 0 Å². The molecule has 0 saturated carbocycles. The number of sulfone groups is 2. The highest BCUT2D eigenvalue weighted by Crippen LogP contribution is 2.24. The minimum Gasteiger partial charge on any atom is -0.352 e. The monoisotopic (exact) mass is 365 g/mol. The molecule has 0 radical (unpaired) electrons. The number of nitrogens with one attached hydrogen (secondary N) is 2. The molecule has 0 aromatic carbocycles. The van der Waals surface area contributed by atoms with Gasteiger partial charge in [0.25, 0.3) is 0 Å². The van der Waals surface area contributed by atoms with Gasteiger partial charge < -0.3 is 15.5 Å². The van der Waals surface area contributed by atoms with Crippen LogP contribution in [0.3, 0.4) is 0 Å². The Morgan fingerprint density at radius 3 is 2.57 bits per heavy atom. The summed E-state index contributed by atoms with van der Waals surface area (Å²) < 4.78 is 45.9. The molecule has 2 N–H and O–H groups in total. The first-order valence-electron chi connectivity index (χ1n) is 7.42. The van der Waals surface area contributed by atoms with Crippen molar-refractivity contribution in [2.75, 3.05) is 29.6 Å². The molecule has 3 heterocycles. The zero-order valence-electron chi connectivity index (χ0n) is 12.4. The summed E-state index contributed by atoms with van der Waals surface area (Å²) in [4.78, 5) is 25.1. The zero-order chi connectivity index (χ0) is 16.8. The van der Waals surface area contributed by atoms with E-state index in [4.69, 9.17) is 0 Å². The van der Waals surface area contributed by atoms with Gasteiger partial charge in [0.1, 0.15) is 0 Å². The van der Waals surface area contributed by atoms with Gasteiger partial charge in [0.2, 0.25) is 5.91 Å². The van der Waals surface area contributed by atoms with Crippen LogP contribution < -0.4 is 10.6 Å². The molecule has 130 valence electrons. The number of fused-ring (bicyclic) bond motifs is 1. The molecule has 3 rings (SSSR count). The Balaban J connectivity index is 1.52. The maximum absolute atomic E-state index is 11.9. The minimum absolute atomic E-state index is 0.0211. The third kappa shape index (κ3) is 3.60. The molecule has 0 aromatic rings. The van der Waals surface area contributed by atoms with Gasteiger partial charge in [-0.3, -0.25) is 4.79 Å². The van der Waals surface area contributed by atoms with Gasteiger partial charge >= 0.3 is 6.03 Å². The van der Waals surface area contributed by atoms with E-state index in [-0.39, 0.29) is 54.0 Å². The van der Waals surface area contributed by atoms with Crippen LogP contribution in [0, 0.1) is 0 Å². The Morgan fingerprint density at radius 2 is 1.91 bits per heavy atom. The summed E-state index contributed by atoms with van der Waals surface area (Å²) in [7, 11) is -6.22. The SMILES string of the molecule is O=C(CCN1C(=O)NC2CS(=O)(=O)CC21)NC1CCS(=O)(=O)C1. The second-order valence-corrected chi connectivity index (χ2v) is 10.7. The normalized spacial score (nSPS) is 34.2. The van der Waals surface area contributed by atoms with Gasteiger partial charge in [0.15, 0.2) is 19.7 Å². The topological polar surface area (TPSA) is 130 Å². The third-order valence-electron chi connectivity index (χ3n) is 4.47. The number of rotatable bonds is 4. The molecule has 3 aliphatic rings. The summed E-state index contributed by atoms with van der Waals surface area (Å²) in [5.41, 5.74) is 0. The van der Waals surface area contributed by atoms with Crippen LogP contribution in [0.25, 0.3) is 0 Å². The smallest absolute Gasteiger partial charge is 0.318 e. The quantitative estimate of drug-likeness (QED) is 0.548. The van der Waals surface area contributed by atoms with Crippen LogP contribution in [0.4, 0.5) is 4.79 Å². The largest absolute Gasteiger partial charge is 0.352 e.